The van der Waals surface area contributed by atoms with Crippen LogP contribution < -0.4 is 0 Å². The molecule has 1 atom stereocenters. The summed E-state index contributed by atoms with van der Waals surface area (Å²) in [6, 6.07) is 0. The summed E-state index contributed by atoms with van der Waals surface area (Å²) in [7, 11) is 0. The zero-order valence-electron chi connectivity index (χ0n) is 11.1. The van der Waals surface area contributed by atoms with Gasteiger partial charge in [-0.1, -0.05) is 6.92 Å². The number of hydrogen-bond acceptors (Lipinski definition) is 4. The molecule has 4 heteroatoms. The van der Waals surface area contributed by atoms with Gasteiger partial charge in [-0.3, -0.25) is 4.90 Å². The minimum absolute atomic E-state index is 0.0955. The number of aromatic nitrogens is 1. The fraction of sp³-hybridized carbons (Fsp3) is 0.786. The van der Waals surface area contributed by atoms with Crippen molar-refractivity contribution in [2.75, 3.05) is 19.7 Å². The number of piperidine rings is 1. The monoisotopic (exact) mass is 266 g/mol. The third-order valence-corrected chi connectivity index (χ3v) is 5.38. The Kier molecular flexibility index (Phi) is 3.43. The largest absolute Gasteiger partial charge is 0.396 e. The van der Waals surface area contributed by atoms with Gasteiger partial charge in [-0.15, -0.1) is 11.3 Å². The van der Waals surface area contributed by atoms with Crippen molar-refractivity contribution in [3.63, 3.8) is 0 Å². The van der Waals surface area contributed by atoms with Crippen LogP contribution >= 0.6 is 11.3 Å². The lowest BCUT2D eigenvalue weighted by atomic mass is 9.83. The van der Waals surface area contributed by atoms with Gasteiger partial charge < -0.3 is 5.11 Å². The number of hydrogen-bond donors (Lipinski definition) is 1. The second-order valence-corrected chi connectivity index (χ2v) is 7.28. The van der Waals surface area contributed by atoms with Crippen molar-refractivity contribution in [1.29, 1.82) is 0 Å². The van der Waals surface area contributed by atoms with E-state index >= 15 is 0 Å². The molecule has 2 aliphatic rings. The topological polar surface area (TPSA) is 36.4 Å². The van der Waals surface area contributed by atoms with Crippen molar-refractivity contribution in [1.82, 2.24) is 9.88 Å². The first-order chi connectivity index (χ1) is 8.68. The van der Waals surface area contributed by atoms with E-state index in [9.17, 15) is 5.11 Å². The van der Waals surface area contributed by atoms with Gasteiger partial charge in [0.05, 0.1) is 12.2 Å². The standard InChI is InChI=1S/C14H22N2OS/c1-14(10-17)6-3-7-16(9-14)8-13-15-11-4-2-5-12(11)18-13/h17H,2-10H2,1H3. The molecule has 3 rings (SSSR count). The summed E-state index contributed by atoms with van der Waals surface area (Å²) in [5, 5.41) is 10.8. The molecule has 1 aliphatic heterocycles. The number of aryl methyl sites for hydroxylation is 2. The van der Waals surface area contributed by atoms with Gasteiger partial charge in [0, 0.05) is 23.4 Å². The molecule has 2 heterocycles. The van der Waals surface area contributed by atoms with Crippen molar-refractivity contribution in [2.45, 2.75) is 45.6 Å². The molecule has 0 amide bonds. The average molecular weight is 266 g/mol. The van der Waals surface area contributed by atoms with Crippen LogP contribution in [-0.4, -0.2) is 34.7 Å². The summed E-state index contributed by atoms with van der Waals surface area (Å²) in [6.07, 6.45) is 6.05. The molecule has 0 bridgehead atoms. The molecule has 1 aromatic rings. The molecular formula is C14H22N2OS. The lowest BCUT2D eigenvalue weighted by Crippen LogP contribution is -2.43. The molecule has 18 heavy (non-hydrogen) atoms. The molecule has 1 saturated heterocycles. The van der Waals surface area contributed by atoms with Gasteiger partial charge in [-0.25, -0.2) is 4.98 Å². The smallest absolute Gasteiger partial charge is 0.107 e. The van der Waals surface area contributed by atoms with E-state index < -0.39 is 0 Å². The van der Waals surface area contributed by atoms with Crippen LogP contribution in [0.1, 0.15) is 41.8 Å². The number of fused-ring (bicyclic) bond motifs is 1. The summed E-state index contributed by atoms with van der Waals surface area (Å²) in [6.45, 7) is 5.64. The second-order valence-electron chi connectivity index (χ2n) is 6.11. The van der Waals surface area contributed by atoms with Crippen molar-refractivity contribution in [3.05, 3.63) is 15.6 Å². The predicted octanol–water partition coefficient (Wildman–Crippen LogP) is 2.23. The maximum Gasteiger partial charge on any atom is 0.107 e. The minimum Gasteiger partial charge on any atom is -0.396 e. The van der Waals surface area contributed by atoms with E-state index in [0.717, 1.165) is 26.1 Å². The summed E-state index contributed by atoms with van der Waals surface area (Å²) in [5.41, 5.74) is 1.45. The summed E-state index contributed by atoms with van der Waals surface area (Å²) >= 11 is 1.91. The normalized spacial score (nSPS) is 28.6. The maximum atomic E-state index is 9.49. The predicted molar refractivity (Wildman–Crippen MR) is 73.8 cm³/mol. The summed E-state index contributed by atoms with van der Waals surface area (Å²) in [5.74, 6) is 0. The Hall–Kier alpha value is -0.450. The molecule has 3 nitrogen and oxygen atoms in total. The highest BCUT2D eigenvalue weighted by atomic mass is 32.1. The quantitative estimate of drug-likeness (QED) is 0.911. The molecule has 1 fully saturated rings. The zero-order valence-corrected chi connectivity index (χ0v) is 11.9. The van der Waals surface area contributed by atoms with E-state index in [1.165, 1.54) is 41.3 Å². The number of aliphatic hydroxyl groups excluding tert-OH is 1. The molecule has 100 valence electrons. The summed E-state index contributed by atoms with van der Waals surface area (Å²) < 4.78 is 0. The Balaban J connectivity index is 1.65. The van der Waals surface area contributed by atoms with Gasteiger partial charge in [0.2, 0.25) is 0 Å². The van der Waals surface area contributed by atoms with Crippen LogP contribution in [0, 0.1) is 5.41 Å². The second kappa shape index (κ2) is 4.91. The van der Waals surface area contributed by atoms with E-state index in [2.05, 4.69) is 11.8 Å². The first-order valence-corrected chi connectivity index (χ1v) is 7.81. The highest BCUT2D eigenvalue weighted by Gasteiger charge is 2.30. The van der Waals surface area contributed by atoms with Crippen molar-refractivity contribution in [2.24, 2.45) is 5.41 Å². The number of nitrogens with zero attached hydrogens (tertiary/aromatic N) is 2. The molecule has 0 aromatic carbocycles. The van der Waals surface area contributed by atoms with Crippen LogP contribution in [-0.2, 0) is 19.4 Å². The number of aliphatic hydroxyl groups is 1. The average Bonchev–Trinajstić information content (AvgIpc) is 2.90. The van der Waals surface area contributed by atoms with E-state index in [0.29, 0.717) is 6.61 Å². The summed E-state index contributed by atoms with van der Waals surface area (Å²) in [4.78, 5) is 8.76. The SMILES string of the molecule is CC1(CO)CCCN(Cc2nc3c(s2)CCC3)C1. The molecule has 1 aliphatic carbocycles. The van der Waals surface area contributed by atoms with E-state index in [4.69, 9.17) is 4.98 Å². The molecule has 0 saturated carbocycles. The number of likely N-dealkylation sites (tertiary alicyclic amines) is 1. The Morgan fingerprint density at radius 1 is 1.39 bits per heavy atom. The minimum atomic E-state index is 0.0955. The molecular weight excluding hydrogens is 244 g/mol. The molecule has 1 unspecified atom stereocenters. The fourth-order valence-electron chi connectivity index (χ4n) is 3.19. The Labute approximate surface area is 113 Å². The van der Waals surface area contributed by atoms with Crippen LogP contribution in [0.2, 0.25) is 0 Å². The lowest BCUT2D eigenvalue weighted by Gasteiger charge is -2.38. The maximum absolute atomic E-state index is 9.49. The first-order valence-electron chi connectivity index (χ1n) is 6.99. The third kappa shape index (κ3) is 2.46. The van der Waals surface area contributed by atoms with Gasteiger partial charge in [0.1, 0.15) is 5.01 Å². The lowest BCUT2D eigenvalue weighted by molar-refractivity contribution is 0.0429. The molecule has 1 aromatic heterocycles. The van der Waals surface area contributed by atoms with Crippen LogP contribution in [0.25, 0.3) is 0 Å². The van der Waals surface area contributed by atoms with Crippen LogP contribution in [0.3, 0.4) is 0 Å². The van der Waals surface area contributed by atoms with Crippen molar-refractivity contribution in [3.8, 4) is 0 Å². The Bertz CT molecular complexity index is 410. The van der Waals surface area contributed by atoms with Gasteiger partial charge >= 0.3 is 0 Å². The van der Waals surface area contributed by atoms with Crippen molar-refractivity contribution < 1.29 is 5.11 Å². The van der Waals surface area contributed by atoms with Crippen molar-refractivity contribution >= 4 is 11.3 Å². The Morgan fingerprint density at radius 2 is 2.28 bits per heavy atom. The zero-order chi connectivity index (χ0) is 12.6. The number of rotatable bonds is 3. The van der Waals surface area contributed by atoms with Crippen LogP contribution in [0.4, 0.5) is 0 Å². The molecule has 0 spiro atoms. The van der Waals surface area contributed by atoms with E-state index in [-0.39, 0.29) is 5.41 Å². The van der Waals surface area contributed by atoms with Gasteiger partial charge in [-0.2, -0.15) is 0 Å². The van der Waals surface area contributed by atoms with Gasteiger partial charge in [0.25, 0.3) is 0 Å². The third-order valence-electron chi connectivity index (χ3n) is 4.24. The molecule has 1 N–H and O–H groups in total. The van der Waals surface area contributed by atoms with Gasteiger partial charge in [0.15, 0.2) is 0 Å². The number of thiazole rings is 1. The van der Waals surface area contributed by atoms with Gasteiger partial charge in [-0.05, 0) is 38.6 Å². The molecule has 0 radical (unpaired) electrons. The van der Waals surface area contributed by atoms with E-state index in [1.807, 2.05) is 11.3 Å². The van der Waals surface area contributed by atoms with Crippen LogP contribution in [0.5, 0.6) is 0 Å². The highest BCUT2D eigenvalue weighted by Crippen LogP contribution is 2.32. The first kappa shape index (κ1) is 12.6. The Morgan fingerprint density at radius 3 is 3.06 bits per heavy atom. The van der Waals surface area contributed by atoms with Crippen LogP contribution in [0.15, 0.2) is 0 Å². The highest BCUT2D eigenvalue weighted by molar-refractivity contribution is 7.11. The van der Waals surface area contributed by atoms with E-state index in [1.54, 1.807) is 0 Å². The fourth-order valence-corrected chi connectivity index (χ4v) is 4.39.